The van der Waals surface area contributed by atoms with Crippen molar-refractivity contribution < 1.29 is 0 Å². The highest BCUT2D eigenvalue weighted by Gasteiger charge is 2.22. The van der Waals surface area contributed by atoms with E-state index in [1.807, 2.05) is 0 Å². The number of aromatic nitrogens is 2. The summed E-state index contributed by atoms with van der Waals surface area (Å²) in [5.41, 5.74) is 0.0595. The van der Waals surface area contributed by atoms with E-state index in [-0.39, 0.29) is 5.41 Å². The third kappa shape index (κ3) is 2.76. The Morgan fingerprint density at radius 3 is 2.21 bits per heavy atom. The van der Waals surface area contributed by atoms with Crippen LogP contribution in [0.25, 0.3) is 0 Å². The van der Waals surface area contributed by atoms with Crippen LogP contribution in [0.2, 0.25) is 0 Å². The smallest absolute Gasteiger partial charge is 0.147 e. The van der Waals surface area contributed by atoms with Gasteiger partial charge in [-0.25, -0.2) is 4.98 Å². The average Bonchev–Trinajstić information content (AvgIpc) is 2.49. The first-order chi connectivity index (χ1) is 6.32. The molecule has 0 fully saturated rings. The molecule has 1 aromatic heterocycles. The van der Waals surface area contributed by atoms with Crippen LogP contribution in [0.15, 0.2) is 0 Å². The quantitative estimate of drug-likeness (QED) is 0.770. The van der Waals surface area contributed by atoms with Crippen LogP contribution >= 0.6 is 27.5 Å². The maximum atomic E-state index is 4.58. The van der Waals surface area contributed by atoms with Gasteiger partial charge in [0.15, 0.2) is 0 Å². The van der Waals surface area contributed by atoms with Gasteiger partial charge in [-0.15, -0.1) is 0 Å². The molecule has 0 bridgehead atoms. The zero-order chi connectivity index (χ0) is 10.9. The predicted molar refractivity (Wildman–Crippen MR) is 65.4 cm³/mol. The van der Waals surface area contributed by atoms with Crippen LogP contribution < -0.4 is 0 Å². The van der Waals surface area contributed by atoms with Gasteiger partial charge in [0, 0.05) is 16.2 Å². The van der Waals surface area contributed by atoms with Gasteiger partial charge in [0.1, 0.15) is 10.8 Å². The Morgan fingerprint density at radius 1 is 1.29 bits per heavy atom. The summed E-state index contributed by atoms with van der Waals surface area (Å²) < 4.78 is 4.40. The third-order valence-corrected chi connectivity index (χ3v) is 3.90. The van der Waals surface area contributed by atoms with Gasteiger partial charge in [-0.3, -0.25) is 0 Å². The molecule has 0 aliphatic rings. The second-order valence-corrected chi connectivity index (χ2v) is 6.90. The number of halogens is 1. The minimum absolute atomic E-state index is 0.0595. The molecule has 2 atom stereocenters. The van der Waals surface area contributed by atoms with Crippen molar-refractivity contribution in [1.29, 1.82) is 0 Å². The van der Waals surface area contributed by atoms with Gasteiger partial charge in [-0.2, -0.15) is 4.37 Å². The SMILES string of the molecule is CC(Br)C(C)c1nc(C(C)(C)C)ns1. The molecule has 0 amide bonds. The van der Waals surface area contributed by atoms with Crippen molar-refractivity contribution in [1.82, 2.24) is 9.36 Å². The highest BCUT2D eigenvalue weighted by molar-refractivity contribution is 9.09. The normalized spacial score (nSPS) is 16.7. The molecule has 1 rings (SSSR count). The lowest BCUT2D eigenvalue weighted by molar-refractivity contribution is 0.550. The first-order valence-electron chi connectivity index (χ1n) is 4.80. The number of rotatable bonds is 2. The molecule has 2 nitrogen and oxygen atoms in total. The van der Waals surface area contributed by atoms with Gasteiger partial charge >= 0.3 is 0 Å². The second kappa shape index (κ2) is 4.27. The monoisotopic (exact) mass is 276 g/mol. The molecule has 0 aromatic carbocycles. The van der Waals surface area contributed by atoms with Crippen LogP contribution in [-0.4, -0.2) is 14.2 Å². The fourth-order valence-corrected chi connectivity index (χ4v) is 2.34. The molecule has 0 saturated carbocycles. The first kappa shape index (κ1) is 12.1. The third-order valence-electron chi connectivity index (χ3n) is 2.19. The minimum atomic E-state index is 0.0595. The summed E-state index contributed by atoms with van der Waals surface area (Å²) in [7, 11) is 0. The van der Waals surface area contributed by atoms with Gasteiger partial charge < -0.3 is 0 Å². The van der Waals surface area contributed by atoms with Crippen LogP contribution in [0.3, 0.4) is 0 Å². The van der Waals surface area contributed by atoms with Crippen LogP contribution in [0.5, 0.6) is 0 Å². The molecule has 0 saturated heterocycles. The van der Waals surface area contributed by atoms with Crippen molar-refractivity contribution in [2.45, 2.75) is 50.8 Å². The van der Waals surface area contributed by atoms with E-state index in [0.29, 0.717) is 10.7 Å². The van der Waals surface area contributed by atoms with Gasteiger partial charge in [-0.1, -0.05) is 50.5 Å². The van der Waals surface area contributed by atoms with Crippen molar-refractivity contribution in [3.63, 3.8) is 0 Å². The number of alkyl halides is 1. The maximum absolute atomic E-state index is 4.58. The average molecular weight is 277 g/mol. The molecule has 14 heavy (non-hydrogen) atoms. The predicted octanol–water partition coefficient (Wildman–Crippen LogP) is 3.72. The Kier molecular flexibility index (Phi) is 3.69. The molecule has 0 radical (unpaired) electrons. The standard InChI is InChI=1S/C10H17BrN2S/c1-6(7(2)11)8-12-9(13-14-8)10(3,4)5/h6-7H,1-5H3. The lowest BCUT2D eigenvalue weighted by atomic mass is 9.96. The van der Waals surface area contributed by atoms with Crippen LogP contribution in [-0.2, 0) is 5.41 Å². The number of nitrogens with zero attached hydrogens (tertiary/aromatic N) is 2. The minimum Gasteiger partial charge on any atom is -0.224 e. The summed E-state index contributed by atoms with van der Waals surface area (Å²) in [6, 6.07) is 0. The molecule has 0 aliphatic carbocycles. The molecule has 0 N–H and O–H groups in total. The van der Waals surface area contributed by atoms with Crippen molar-refractivity contribution in [2.75, 3.05) is 0 Å². The lowest BCUT2D eigenvalue weighted by Crippen LogP contribution is -2.14. The highest BCUT2D eigenvalue weighted by Crippen LogP contribution is 2.28. The molecule has 2 unspecified atom stereocenters. The molecule has 0 aliphatic heterocycles. The lowest BCUT2D eigenvalue weighted by Gasteiger charge is -2.13. The van der Waals surface area contributed by atoms with Gasteiger partial charge in [0.25, 0.3) is 0 Å². The highest BCUT2D eigenvalue weighted by atomic mass is 79.9. The van der Waals surface area contributed by atoms with E-state index in [1.54, 1.807) is 0 Å². The molecular weight excluding hydrogens is 260 g/mol. The van der Waals surface area contributed by atoms with E-state index in [2.05, 4.69) is 59.9 Å². The van der Waals surface area contributed by atoms with Crippen LogP contribution in [0.1, 0.15) is 51.4 Å². The van der Waals surface area contributed by atoms with E-state index < -0.39 is 0 Å². The first-order valence-corrected chi connectivity index (χ1v) is 6.49. The zero-order valence-electron chi connectivity index (χ0n) is 9.34. The van der Waals surface area contributed by atoms with E-state index >= 15 is 0 Å². The molecule has 1 aromatic rings. The van der Waals surface area contributed by atoms with Gasteiger partial charge in [-0.05, 0) is 11.5 Å². The Hall–Kier alpha value is 0.0400. The Labute approximate surface area is 98.4 Å². The summed E-state index contributed by atoms with van der Waals surface area (Å²) in [5, 5.41) is 1.12. The van der Waals surface area contributed by atoms with Crippen LogP contribution in [0.4, 0.5) is 0 Å². The molecule has 1 heterocycles. The summed E-state index contributed by atoms with van der Waals surface area (Å²) in [6.07, 6.45) is 0. The summed E-state index contributed by atoms with van der Waals surface area (Å²) in [5.74, 6) is 1.39. The van der Waals surface area contributed by atoms with Crippen molar-refractivity contribution in [3.05, 3.63) is 10.8 Å². The largest absolute Gasteiger partial charge is 0.224 e. The maximum Gasteiger partial charge on any atom is 0.147 e. The fraction of sp³-hybridized carbons (Fsp3) is 0.800. The van der Waals surface area contributed by atoms with Crippen molar-refractivity contribution in [2.24, 2.45) is 0 Å². The molecule has 80 valence electrons. The Balaban J connectivity index is 2.89. The zero-order valence-corrected chi connectivity index (χ0v) is 11.7. The van der Waals surface area contributed by atoms with Crippen molar-refractivity contribution >= 4 is 27.5 Å². The summed E-state index contributed by atoms with van der Waals surface area (Å²) >= 11 is 5.10. The number of hydrogen-bond donors (Lipinski definition) is 0. The van der Waals surface area contributed by atoms with Crippen LogP contribution in [0, 0.1) is 0 Å². The molecule has 0 spiro atoms. The Morgan fingerprint density at radius 2 is 1.86 bits per heavy atom. The molecule has 4 heteroatoms. The van der Waals surface area contributed by atoms with Gasteiger partial charge in [0.2, 0.25) is 0 Å². The van der Waals surface area contributed by atoms with E-state index in [9.17, 15) is 0 Å². The van der Waals surface area contributed by atoms with E-state index in [1.165, 1.54) is 11.5 Å². The summed E-state index contributed by atoms with van der Waals surface area (Å²) in [6.45, 7) is 10.7. The summed E-state index contributed by atoms with van der Waals surface area (Å²) in [4.78, 5) is 5.03. The second-order valence-electron chi connectivity index (χ2n) is 4.67. The van der Waals surface area contributed by atoms with Crippen molar-refractivity contribution in [3.8, 4) is 0 Å². The fourth-order valence-electron chi connectivity index (χ4n) is 0.921. The number of hydrogen-bond acceptors (Lipinski definition) is 3. The van der Waals surface area contributed by atoms with Gasteiger partial charge in [0.05, 0.1) is 0 Å². The molecular formula is C10H17BrN2S. The van der Waals surface area contributed by atoms with E-state index in [4.69, 9.17) is 0 Å². The topological polar surface area (TPSA) is 25.8 Å². The Bertz CT molecular complexity index is 301. The van der Waals surface area contributed by atoms with E-state index in [0.717, 1.165) is 10.8 Å².